The van der Waals surface area contributed by atoms with E-state index >= 15 is 0 Å². The first-order valence-electron chi connectivity index (χ1n) is 16.7. The van der Waals surface area contributed by atoms with Gasteiger partial charge in [0, 0.05) is 18.5 Å². The summed E-state index contributed by atoms with van der Waals surface area (Å²) in [6.45, 7) is 21.1. The molecular weight excluding hydrogens is 537 g/mol. The summed E-state index contributed by atoms with van der Waals surface area (Å²) < 4.78 is 17.0. The second-order valence-corrected chi connectivity index (χ2v) is 12.7. The Kier molecular flexibility index (Phi) is 19.0. The van der Waals surface area contributed by atoms with Crippen molar-refractivity contribution in [1.29, 1.82) is 0 Å². The monoisotopic (exact) mass is 597 g/mol. The average Bonchev–Trinajstić information content (AvgIpc) is 2.98. The van der Waals surface area contributed by atoms with Crippen LogP contribution in [0, 0.1) is 37.4 Å². The predicted octanol–water partition coefficient (Wildman–Crippen LogP) is 10.4. The lowest BCUT2D eigenvalue weighted by Gasteiger charge is -2.38. The lowest BCUT2D eigenvalue weighted by atomic mass is 9.79. The van der Waals surface area contributed by atoms with Crippen molar-refractivity contribution in [3.8, 4) is 5.75 Å². The fourth-order valence-corrected chi connectivity index (χ4v) is 5.52. The van der Waals surface area contributed by atoms with Gasteiger partial charge in [0.25, 0.3) is 0 Å². The molecule has 4 atom stereocenters. The summed E-state index contributed by atoms with van der Waals surface area (Å²) in [6, 6.07) is 12.3. The molecule has 0 radical (unpaired) electrons. The molecule has 2 aromatic carbocycles. The van der Waals surface area contributed by atoms with E-state index in [1.165, 1.54) is 96.9 Å². The number of carbonyl (C=O) groups is 2. The molecule has 5 heteroatoms. The summed E-state index contributed by atoms with van der Waals surface area (Å²) in [5, 5.41) is 0. The molecule has 242 valence electrons. The van der Waals surface area contributed by atoms with Gasteiger partial charge in [0.05, 0.1) is 0 Å². The normalized spacial score (nSPS) is 17.6. The Labute approximate surface area is 262 Å². The SMILES string of the molecule is CC(=O)Oc1cc(C(C)=O)ccc1C.CCCN(CCC(C)CC)C1CCCC(CC(C)CC)C1.Cc1ccc(F)cc1. The summed E-state index contributed by atoms with van der Waals surface area (Å²) >= 11 is 0. The van der Waals surface area contributed by atoms with Crippen molar-refractivity contribution in [1.82, 2.24) is 4.90 Å². The number of ketones is 1. The summed E-state index contributed by atoms with van der Waals surface area (Å²) in [6.07, 6.45) is 12.8. The minimum absolute atomic E-state index is 0.0431. The number of Topliss-reactive ketones (excluding diaryl/α,β-unsaturated/α-hetero) is 1. The highest BCUT2D eigenvalue weighted by molar-refractivity contribution is 5.94. The molecule has 2 aromatic rings. The summed E-state index contributed by atoms with van der Waals surface area (Å²) in [5.74, 6) is 2.67. The zero-order chi connectivity index (χ0) is 32.4. The highest BCUT2D eigenvalue weighted by Gasteiger charge is 2.27. The van der Waals surface area contributed by atoms with E-state index in [0.717, 1.165) is 34.9 Å². The number of hydrogen-bond acceptors (Lipinski definition) is 4. The van der Waals surface area contributed by atoms with Gasteiger partial charge in [-0.25, -0.2) is 4.39 Å². The molecule has 0 spiro atoms. The van der Waals surface area contributed by atoms with Gasteiger partial charge >= 0.3 is 5.97 Å². The van der Waals surface area contributed by atoms with Gasteiger partial charge in [-0.1, -0.05) is 90.1 Å². The van der Waals surface area contributed by atoms with Crippen molar-refractivity contribution in [3.63, 3.8) is 0 Å². The first-order chi connectivity index (χ1) is 20.4. The van der Waals surface area contributed by atoms with E-state index in [1.54, 1.807) is 30.3 Å². The van der Waals surface area contributed by atoms with E-state index in [4.69, 9.17) is 4.74 Å². The first kappa shape index (κ1) is 38.5. The summed E-state index contributed by atoms with van der Waals surface area (Å²) in [4.78, 5) is 24.6. The largest absolute Gasteiger partial charge is 0.426 e. The molecule has 0 amide bonds. The molecule has 0 aromatic heterocycles. The number of rotatable bonds is 12. The smallest absolute Gasteiger partial charge is 0.308 e. The molecule has 1 fully saturated rings. The van der Waals surface area contributed by atoms with Crippen molar-refractivity contribution in [3.05, 3.63) is 65.0 Å². The van der Waals surface area contributed by atoms with Crippen LogP contribution >= 0.6 is 0 Å². The lowest BCUT2D eigenvalue weighted by Crippen LogP contribution is -2.40. The van der Waals surface area contributed by atoms with E-state index in [9.17, 15) is 14.0 Å². The van der Waals surface area contributed by atoms with E-state index in [2.05, 4.69) is 39.5 Å². The number of halogens is 1. The standard InChI is InChI=1S/C20H41N.C11H12O3.C7H7F/c1-6-13-21(14-12-17(4)7-2)20-11-9-10-19(16-20)15-18(5)8-3;1-7-4-5-10(8(2)12)6-11(7)14-9(3)13;1-6-2-4-7(8)5-3-6/h17-20H,6-16H2,1-5H3;4-6H,1-3H3;2-5H,1H3. The maximum Gasteiger partial charge on any atom is 0.308 e. The number of nitrogens with zero attached hydrogens (tertiary/aromatic N) is 1. The number of hydrogen-bond donors (Lipinski definition) is 0. The molecule has 3 rings (SSSR count). The van der Waals surface area contributed by atoms with Gasteiger partial charge in [0.2, 0.25) is 0 Å². The molecule has 0 N–H and O–H groups in total. The molecular formula is C38H60FNO3. The van der Waals surface area contributed by atoms with Crippen LogP contribution < -0.4 is 4.74 Å². The zero-order valence-electron chi connectivity index (χ0n) is 28.7. The number of aryl methyl sites for hydroxylation is 2. The van der Waals surface area contributed by atoms with Crippen LogP contribution in [0.1, 0.15) is 128 Å². The Morgan fingerprint density at radius 1 is 0.930 bits per heavy atom. The van der Waals surface area contributed by atoms with Crippen LogP contribution in [0.2, 0.25) is 0 Å². The first-order valence-corrected chi connectivity index (χ1v) is 16.7. The average molecular weight is 598 g/mol. The van der Waals surface area contributed by atoms with Crippen molar-refractivity contribution < 1.29 is 18.7 Å². The fraction of sp³-hybridized carbons (Fsp3) is 0.632. The Balaban J connectivity index is 0.000000358. The van der Waals surface area contributed by atoms with Gasteiger partial charge in [0.15, 0.2) is 5.78 Å². The molecule has 1 aliphatic rings. The highest BCUT2D eigenvalue weighted by atomic mass is 19.1. The van der Waals surface area contributed by atoms with E-state index in [-0.39, 0.29) is 17.6 Å². The van der Waals surface area contributed by atoms with E-state index in [0.29, 0.717) is 11.3 Å². The van der Waals surface area contributed by atoms with Crippen LogP contribution in [0.25, 0.3) is 0 Å². The van der Waals surface area contributed by atoms with Gasteiger partial charge < -0.3 is 9.64 Å². The minimum Gasteiger partial charge on any atom is -0.426 e. The van der Waals surface area contributed by atoms with Crippen LogP contribution in [-0.2, 0) is 4.79 Å². The Bertz CT molecular complexity index is 1050. The molecule has 1 saturated carbocycles. The second kappa shape index (κ2) is 21.2. The zero-order valence-corrected chi connectivity index (χ0v) is 28.7. The molecule has 0 heterocycles. The van der Waals surface area contributed by atoms with Crippen molar-refractivity contribution in [2.45, 2.75) is 126 Å². The van der Waals surface area contributed by atoms with Gasteiger partial charge in [0.1, 0.15) is 11.6 Å². The number of ether oxygens (including phenoxy) is 1. The van der Waals surface area contributed by atoms with Crippen LogP contribution in [-0.4, -0.2) is 35.8 Å². The number of benzene rings is 2. The third-order valence-corrected chi connectivity index (χ3v) is 8.68. The van der Waals surface area contributed by atoms with E-state index in [1.807, 2.05) is 13.8 Å². The van der Waals surface area contributed by atoms with Crippen LogP contribution in [0.4, 0.5) is 4.39 Å². The molecule has 1 aliphatic carbocycles. The maximum atomic E-state index is 12.1. The lowest BCUT2D eigenvalue weighted by molar-refractivity contribution is -0.131. The Hall–Kier alpha value is -2.53. The van der Waals surface area contributed by atoms with E-state index < -0.39 is 0 Å². The van der Waals surface area contributed by atoms with Gasteiger partial charge in [-0.2, -0.15) is 0 Å². The predicted molar refractivity (Wildman–Crippen MR) is 179 cm³/mol. The van der Waals surface area contributed by atoms with Gasteiger partial charge in [-0.05, 0) is 107 Å². The minimum atomic E-state index is -0.381. The van der Waals surface area contributed by atoms with Gasteiger partial charge in [-0.15, -0.1) is 0 Å². The molecule has 43 heavy (non-hydrogen) atoms. The number of esters is 1. The summed E-state index contributed by atoms with van der Waals surface area (Å²) in [7, 11) is 0. The highest BCUT2D eigenvalue weighted by Crippen LogP contribution is 2.33. The topological polar surface area (TPSA) is 46.6 Å². The van der Waals surface area contributed by atoms with Crippen molar-refractivity contribution in [2.24, 2.45) is 17.8 Å². The Morgan fingerprint density at radius 3 is 2.12 bits per heavy atom. The molecule has 4 nitrogen and oxygen atoms in total. The maximum absolute atomic E-state index is 12.1. The van der Waals surface area contributed by atoms with Crippen molar-refractivity contribution >= 4 is 11.8 Å². The third kappa shape index (κ3) is 16.2. The van der Waals surface area contributed by atoms with Crippen molar-refractivity contribution in [2.75, 3.05) is 13.1 Å². The quantitative estimate of drug-likeness (QED) is 0.139. The Morgan fingerprint density at radius 2 is 1.58 bits per heavy atom. The van der Waals surface area contributed by atoms with Crippen LogP contribution in [0.5, 0.6) is 5.75 Å². The van der Waals surface area contributed by atoms with Crippen LogP contribution in [0.3, 0.4) is 0 Å². The molecule has 4 unspecified atom stereocenters. The third-order valence-electron chi connectivity index (χ3n) is 8.68. The number of carbonyl (C=O) groups excluding carboxylic acids is 2. The fourth-order valence-electron chi connectivity index (χ4n) is 5.52. The second-order valence-electron chi connectivity index (χ2n) is 12.7. The molecule has 0 saturated heterocycles. The summed E-state index contributed by atoms with van der Waals surface area (Å²) in [5.41, 5.74) is 2.48. The van der Waals surface area contributed by atoms with Crippen LogP contribution in [0.15, 0.2) is 42.5 Å². The van der Waals surface area contributed by atoms with Gasteiger partial charge in [-0.3, -0.25) is 9.59 Å². The molecule has 0 bridgehead atoms. The molecule has 0 aliphatic heterocycles.